The zero-order chi connectivity index (χ0) is 19.1. The highest BCUT2D eigenvalue weighted by molar-refractivity contribution is 7.07. The lowest BCUT2D eigenvalue weighted by Gasteiger charge is -2.10. The van der Waals surface area contributed by atoms with Gasteiger partial charge < -0.3 is 9.64 Å². The van der Waals surface area contributed by atoms with Crippen molar-refractivity contribution in [3.8, 4) is 10.9 Å². The number of aryl methyl sites for hydroxylation is 1. The van der Waals surface area contributed by atoms with Gasteiger partial charge in [0.2, 0.25) is 0 Å². The number of hydrogen-bond donors (Lipinski definition) is 0. The first-order valence-electron chi connectivity index (χ1n) is 8.11. The summed E-state index contributed by atoms with van der Waals surface area (Å²) >= 11 is 19.9. The molecule has 1 unspecified atom stereocenters. The topological polar surface area (TPSA) is 50.6 Å². The molecule has 5 nitrogen and oxygen atoms in total. The maximum absolute atomic E-state index is 6.34. The minimum absolute atomic E-state index is 0.426. The maximum atomic E-state index is 6.34. The molecule has 9 heteroatoms. The zero-order valence-electron chi connectivity index (χ0n) is 14.9. The van der Waals surface area contributed by atoms with Crippen LogP contribution in [-0.2, 0) is 5.41 Å². The second kappa shape index (κ2) is 7.15. The molecule has 140 valence electrons. The van der Waals surface area contributed by atoms with Crippen LogP contribution in [-0.4, -0.2) is 38.5 Å². The van der Waals surface area contributed by atoms with Crippen LogP contribution in [0.5, 0.6) is 10.9 Å². The van der Waals surface area contributed by atoms with Gasteiger partial charge in [-0.2, -0.15) is 9.36 Å². The summed E-state index contributed by atoms with van der Waals surface area (Å²) in [6.07, 6.45) is 2.38. The fraction of sp³-hybridized carbons (Fsp3) is 0.471. The molecule has 1 atom stereocenters. The van der Waals surface area contributed by atoms with E-state index in [1.54, 1.807) is 12.4 Å². The van der Waals surface area contributed by atoms with E-state index in [2.05, 4.69) is 14.3 Å². The van der Waals surface area contributed by atoms with Crippen LogP contribution in [0.3, 0.4) is 0 Å². The van der Waals surface area contributed by atoms with Crippen LogP contribution in [0.1, 0.15) is 31.7 Å². The summed E-state index contributed by atoms with van der Waals surface area (Å²) in [5.41, 5.74) is 1.17. The number of aliphatic imine (C=N–C) groups is 1. The minimum Gasteiger partial charge on any atom is -0.430 e. The van der Waals surface area contributed by atoms with E-state index in [1.165, 1.54) is 11.5 Å². The van der Waals surface area contributed by atoms with E-state index in [0.29, 0.717) is 33.9 Å². The van der Waals surface area contributed by atoms with Crippen molar-refractivity contribution >= 4 is 58.4 Å². The number of halogens is 3. The molecule has 0 saturated heterocycles. The second-order valence-corrected chi connectivity index (χ2v) is 9.19. The van der Waals surface area contributed by atoms with Gasteiger partial charge in [-0.3, -0.25) is 0 Å². The Morgan fingerprint density at radius 3 is 2.73 bits per heavy atom. The van der Waals surface area contributed by atoms with Crippen molar-refractivity contribution < 1.29 is 4.74 Å². The number of benzene rings is 1. The van der Waals surface area contributed by atoms with Crippen LogP contribution >= 0.6 is 46.3 Å². The molecule has 1 aliphatic carbocycles. The van der Waals surface area contributed by atoms with Crippen LogP contribution in [0.4, 0.5) is 5.69 Å². The van der Waals surface area contributed by atoms with E-state index in [0.717, 1.165) is 12.1 Å². The Bertz CT molecular complexity index is 855. The van der Waals surface area contributed by atoms with Gasteiger partial charge in [0.1, 0.15) is 10.1 Å². The Balaban J connectivity index is 1.78. The monoisotopic (exact) mass is 432 g/mol. The largest absolute Gasteiger partial charge is 0.430 e. The van der Waals surface area contributed by atoms with E-state index in [9.17, 15) is 0 Å². The number of alkyl halides is 2. The van der Waals surface area contributed by atoms with Crippen molar-refractivity contribution in [2.24, 2.45) is 4.99 Å². The molecule has 0 amide bonds. The first-order chi connectivity index (χ1) is 12.2. The average molecular weight is 434 g/mol. The summed E-state index contributed by atoms with van der Waals surface area (Å²) in [5, 5.41) is 0.934. The van der Waals surface area contributed by atoms with Gasteiger partial charge in [0.25, 0.3) is 5.19 Å². The molecule has 0 N–H and O–H groups in total. The third-order valence-electron chi connectivity index (χ3n) is 4.49. The van der Waals surface area contributed by atoms with Crippen LogP contribution in [0.15, 0.2) is 17.1 Å². The van der Waals surface area contributed by atoms with Gasteiger partial charge in [-0.05, 0) is 38.8 Å². The fourth-order valence-electron chi connectivity index (χ4n) is 2.31. The van der Waals surface area contributed by atoms with Crippen LogP contribution in [0.25, 0.3) is 0 Å². The summed E-state index contributed by atoms with van der Waals surface area (Å²) in [6.45, 7) is 6.79. The molecule has 1 saturated carbocycles. The molecule has 1 aliphatic rings. The molecule has 1 fully saturated rings. The molecular weight excluding hydrogens is 415 g/mol. The van der Waals surface area contributed by atoms with Gasteiger partial charge in [0.05, 0.1) is 22.5 Å². The molecule has 26 heavy (non-hydrogen) atoms. The highest BCUT2D eigenvalue weighted by Gasteiger charge is 2.66. The Morgan fingerprint density at radius 1 is 1.42 bits per heavy atom. The first kappa shape index (κ1) is 19.7. The molecule has 0 radical (unpaired) electrons. The van der Waals surface area contributed by atoms with E-state index in [4.69, 9.17) is 39.5 Å². The second-order valence-electron chi connectivity index (χ2n) is 6.59. The van der Waals surface area contributed by atoms with E-state index >= 15 is 0 Å². The van der Waals surface area contributed by atoms with Crippen molar-refractivity contribution in [3.05, 3.63) is 28.5 Å². The number of ether oxygens (including phenoxy) is 1. The van der Waals surface area contributed by atoms with Gasteiger partial charge in [-0.25, -0.2) is 4.99 Å². The van der Waals surface area contributed by atoms with Crippen molar-refractivity contribution in [2.45, 2.75) is 36.9 Å². The van der Waals surface area contributed by atoms with Crippen molar-refractivity contribution in [2.75, 3.05) is 13.6 Å². The van der Waals surface area contributed by atoms with Crippen molar-refractivity contribution in [1.29, 1.82) is 0 Å². The quantitative estimate of drug-likeness (QED) is 0.331. The average Bonchev–Trinajstić information content (AvgIpc) is 2.92. The Hall–Kier alpha value is -1.08. The smallest absolute Gasteiger partial charge is 0.298 e. The molecule has 1 heterocycles. The Morgan fingerprint density at radius 2 is 2.12 bits per heavy atom. The van der Waals surface area contributed by atoms with Crippen LogP contribution in [0, 0.1) is 6.92 Å². The van der Waals surface area contributed by atoms with E-state index < -0.39 is 9.75 Å². The standard InChI is InChI=1S/C17H19Cl3N4OS/c1-5-24(4)9-21-12-6-10(2)13(7-11(12)18)25-15-22-14(23-26-15)16(3)8-17(16,19)20/h6-7,9H,5,8H2,1-4H3/b21-9-. The molecule has 3 rings (SSSR count). The number of rotatable bonds is 6. The summed E-state index contributed by atoms with van der Waals surface area (Å²) in [7, 11) is 1.95. The van der Waals surface area contributed by atoms with Gasteiger partial charge in [-0.1, -0.05) is 11.6 Å². The number of hydrogen-bond acceptors (Lipinski definition) is 5. The van der Waals surface area contributed by atoms with Crippen molar-refractivity contribution in [1.82, 2.24) is 14.3 Å². The van der Waals surface area contributed by atoms with E-state index in [1.807, 2.05) is 38.8 Å². The lowest BCUT2D eigenvalue weighted by molar-refractivity contribution is 0.471. The molecule has 2 aromatic rings. The molecule has 1 aromatic heterocycles. The minimum atomic E-state index is -0.810. The van der Waals surface area contributed by atoms with Gasteiger partial charge in [0.15, 0.2) is 5.82 Å². The van der Waals surface area contributed by atoms with Gasteiger partial charge in [0, 0.05) is 31.2 Å². The molecule has 0 spiro atoms. The fourth-order valence-corrected chi connectivity index (χ4v) is 3.88. The summed E-state index contributed by atoms with van der Waals surface area (Å²) in [5.74, 6) is 1.22. The SMILES string of the molecule is CCN(C)/C=N\c1cc(C)c(Oc2nc(C3(C)CC3(Cl)Cl)ns2)cc1Cl. The normalized spacial score (nSPS) is 21.2. The van der Waals surface area contributed by atoms with Crippen LogP contribution < -0.4 is 4.74 Å². The van der Waals surface area contributed by atoms with E-state index in [-0.39, 0.29) is 0 Å². The lowest BCUT2D eigenvalue weighted by Crippen LogP contribution is -2.14. The molecule has 1 aromatic carbocycles. The molecular formula is C17H19Cl3N4OS. The zero-order valence-corrected chi connectivity index (χ0v) is 18.0. The Labute approximate surface area is 172 Å². The summed E-state index contributed by atoms with van der Waals surface area (Å²) in [6, 6.07) is 3.62. The summed E-state index contributed by atoms with van der Waals surface area (Å²) in [4.78, 5) is 10.8. The summed E-state index contributed by atoms with van der Waals surface area (Å²) < 4.78 is 9.41. The third kappa shape index (κ3) is 3.79. The molecule has 0 aliphatic heterocycles. The predicted octanol–water partition coefficient (Wildman–Crippen LogP) is 5.74. The lowest BCUT2D eigenvalue weighted by atomic mass is 10.1. The highest BCUT2D eigenvalue weighted by Crippen LogP contribution is 2.64. The van der Waals surface area contributed by atoms with Gasteiger partial charge >= 0.3 is 0 Å². The van der Waals surface area contributed by atoms with Crippen molar-refractivity contribution in [3.63, 3.8) is 0 Å². The van der Waals surface area contributed by atoms with Crippen LogP contribution in [0.2, 0.25) is 5.02 Å². The predicted molar refractivity (Wildman–Crippen MR) is 109 cm³/mol. The van der Waals surface area contributed by atoms with Gasteiger partial charge in [-0.15, -0.1) is 23.2 Å². The number of aromatic nitrogens is 2. The highest BCUT2D eigenvalue weighted by atomic mass is 35.5. The molecule has 0 bridgehead atoms. The number of nitrogens with zero attached hydrogens (tertiary/aromatic N) is 4. The first-order valence-corrected chi connectivity index (χ1v) is 10.0. The third-order valence-corrected chi connectivity index (χ3v) is 6.49. The maximum Gasteiger partial charge on any atom is 0.298 e. The Kier molecular flexibility index (Phi) is 5.41.